The molecule has 0 radical (unpaired) electrons. The molecule has 0 aliphatic rings. The van der Waals surface area contributed by atoms with Crippen LogP contribution in [0.4, 0.5) is 5.69 Å². The molecule has 1 amide bonds. The lowest BCUT2D eigenvalue weighted by atomic mass is 10.0. The van der Waals surface area contributed by atoms with E-state index in [-0.39, 0.29) is 18.5 Å². The Morgan fingerprint density at radius 3 is 2.05 bits per heavy atom. The molecule has 0 saturated heterocycles. The molecule has 118 valence electrons. The summed E-state index contributed by atoms with van der Waals surface area (Å²) in [5.74, 6) is 0.0860. The molecule has 0 aliphatic carbocycles. The average Bonchev–Trinajstić information content (AvgIpc) is 2.35. The average molecular weight is 312 g/mol. The monoisotopic (exact) mass is 312 g/mol. The van der Waals surface area contributed by atoms with E-state index in [1.165, 1.54) is 9.87 Å². The molecule has 0 spiro atoms. The molecule has 1 N–H and O–H groups in total. The Kier molecular flexibility index (Phi) is 5.92. The van der Waals surface area contributed by atoms with Gasteiger partial charge in [-0.2, -0.15) is 4.31 Å². The van der Waals surface area contributed by atoms with Crippen LogP contribution < -0.4 is 5.32 Å². The highest BCUT2D eigenvalue weighted by Gasteiger charge is 2.23. The van der Waals surface area contributed by atoms with Crippen molar-refractivity contribution in [2.24, 2.45) is 0 Å². The quantitative estimate of drug-likeness (QED) is 0.877. The van der Waals surface area contributed by atoms with Crippen molar-refractivity contribution in [2.45, 2.75) is 39.7 Å². The van der Waals surface area contributed by atoms with Crippen LogP contribution in [0.3, 0.4) is 0 Å². The largest absolute Gasteiger partial charge is 0.325 e. The van der Waals surface area contributed by atoms with Gasteiger partial charge in [0.25, 0.3) is 0 Å². The SMILES string of the molecule is CC(C)c1ccc(NC(=O)CN(C(C)C)S(C)(=O)=O)cc1. The van der Waals surface area contributed by atoms with E-state index in [2.05, 4.69) is 19.2 Å². The van der Waals surface area contributed by atoms with E-state index in [1.807, 2.05) is 24.3 Å². The molecular formula is C15H24N2O3S. The summed E-state index contributed by atoms with van der Waals surface area (Å²) >= 11 is 0. The van der Waals surface area contributed by atoms with E-state index in [9.17, 15) is 13.2 Å². The number of amides is 1. The number of hydrogen-bond acceptors (Lipinski definition) is 3. The van der Waals surface area contributed by atoms with E-state index in [0.717, 1.165) is 6.26 Å². The van der Waals surface area contributed by atoms with Gasteiger partial charge in [-0.05, 0) is 37.5 Å². The predicted molar refractivity (Wildman–Crippen MR) is 85.8 cm³/mol. The highest BCUT2D eigenvalue weighted by atomic mass is 32.2. The lowest BCUT2D eigenvalue weighted by Gasteiger charge is -2.23. The van der Waals surface area contributed by atoms with Crippen LogP contribution in [0.25, 0.3) is 0 Å². The first kappa shape index (κ1) is 17.7. The molecular weight excluding hydrogens is 288 g/mol. The third-order valence-corrected chi connectivity index (χ3v) is 4.57. The Labute approximate surface area is 127 Å². The summed E-state index contributed by atoms with van der Waals surface area (Å²) in [4.78, 5) is 12.0. The van der Waals surface area contributed by atoms with Gasteiger partial charge in [0.1, 0.15) is 0 Å². The Hall–Kier alpha value is -1.40. The van der Waals surface area contributed by atoms with E-state index in [0.29, 0.717) is 11.6 Å². The molecule has 1 rings (SSSR count). The van der Waals surface area contributed by atoms with Gasteiger partial charge >= 0.3 is 0 Å². The Balaban J connectivity index is 2.73. The van der Waals surface area contributed by atoms with Crippen LogP contribution in [-0.2, 0) is 14.8 Å². The molecule has 0 aromatic heterocycles. The fourth-order valence-electron chi connectivity index (χ4n) is 1.98. The van der Waals surface area contributed by atoms with Crippen molar-refractivity contribution in [3.05, 3.63) is 29.8 Å². The zero-order valence-electron chi connectivity index (χ0n) is 13.3. The van der Waals surface area contributed by atoms with Crippen molar-refractivity contribution in [1.29, 1.82) is 0 Å². The van der Waals surface area contributed by atoms with Crippen LogP contribution >= 0.6 is 0 Å². The number of carbonyl (C=O) groups excluding carboxylic acids is 1. The minimum Gasteiger partial charge on any atom is -0.325 e. The number of anilines is 1. The summed E-state index contributed by atoms with van der Waals surface area (Å²) in [5.41, 5.74) is 1.86. The number of sulfonamides is 1. The first-order valence-corrected chi connectivity index (χ1v) is 8.82. The Bertz CT molecular complexity index is 577. The predicted octanol–water partition coefficient (Wildman–Crippen LogP) is 2.42. The first-order valence-electron chi connectivity index (χ1n) is 6.98. The van der Waals surface area contributed by atoms with Crippen molar-refractivity contribution in [1.82, 2.24) is 4.31 Å². The van der Waals surface area contributed by atoms with Crippen molar-refractivity contribution in [3.8, 4) is 0 Å². The molecule has 0 aliphatic heterocycles. The van der Waals surface area contributed by atoms with Gasteiger partial charge in [-0.25, -0.2) is 8.42 Å². The number of benzene rings is 1. The van der Waals surface area contributed by atoms with E-state index in [4.69, 9.17) is 0 Å². The Morgan fingerprint density at radius 1 is 1.14 bits per heavy atom. The maximum absolute atomic E-state index is 12.0. The topological polar surface area (TPSA) is 66.5 Å². The molecule has 1 aromatic carbocycles. The van der Waals surface area contributed by atoms with E-state index >= 15 is 0 Å². The van der Waals surface area contributed by atoms with Gasteiger partial charge in [0.15, 0.2) is 0 Å². The van der Waals surface area contributed by atoms with Gasteiger partial charge in [-0.1, -0.05) is 26.0 Å². The molecule has 21 heavy (non-hydrogen) atoms. The lowest BCUT2D eigenvalue weighted by molar-refractivity contribution is -0.116. The van der Waals surface area contributed by atoms with Crippen LogP contribution in [0.2, 0.25) is 0 Å². The lowest BCUT2D eigenvalue weighted by Crippen LogP contribution is -2.41. The zero-order valence-corrected chi connectivity index (χ0v) is 14.1. The van der Waals surface area contributed by atoms with E-state index in [1.54, 1.807) is 13.8 Å². The zero-order chi connectivity index (χ0) is 16.2. The number of carbonyl (C=O) groups is 1. The molecule has 6 heteroatoms. The minimum absolute atomic E-state index is 0.178. The first-order chi connectivity index (χ1) is 9.61. The van der Waals surface area contributed by atoms with Gasteiger partial charge in [0.05, 0.1) is 12.8 Å². The summed E-state index contributed by atoms with van der Waals surface area (Å²) in [6.07, 6.45) is 1.11. The number of rotatable bonds is 6. The molecule has 0 atom stereocenters. The molecule has 0 saturated carbocycles. The van der Waals surface area contributed by atoms with Gasteiger partial charge in [0.2, 0.25) is 15.9 Å². The summed E-state index contributed by atoms with van der Waals surface area (Å²) in [7, 11) is -3.40. The number of hydrogen-bond donors (Lipinski definition) is 1. The molecule has 0 fully saturated rings. The second-order valence-corrected chi connectivity index (χ2v) is 7.66. The van der Waals surface area contributed by atoms with Crippen LogP contribution in [0, 0.1) is 0 Å². The highest BCUT2D eigenvalue weighted by molar-refractivity contribution is 7.88. The minimum atomic E-state index is -3.40. The van der Waals surface area contributed by atoms with Crippen LogP contribution in [0.1, 0.15) is 39.2 Å². The second-order valence-electron chi connectivity index (χ2n) is 5.73. The van der Waals surface area contributed by atoms with Crippen molar-refractivity contribution in [2.75, 3.05) is 18.1 Å². The third-order valence-electron chi connectivity index (χ3n) is 3.16. The summed E-state index contributed by atoms with van der Waals surface area (Å²) in [5, 5.41) is 2.72. The van der Waals surface area contributed by atoms with Gasteiger partial charge in [-0.3, -0.25) is 4.79 Å². The molecule has 0 unspecified atom stereocenters. The van der Waals surface area contributed by atoms with Crippen molar-refractivity contribution in [3.63, 3.8) is 0 Å². The maximum atomic E-state index is 12.0. The second kappa shape index (κ2) is 7.04. The summed E-state index contributed by atoms with van der Waals surface area (Å²) in [6.45, 7) is 7.50. The Morgan fingerprint density at radius 2 is 1.67 bits per heavy atom. The van der Waals surface area contributed by atoms with Gasteiger partial charge in [-0.15, -0.1) is 0 Å². The van der Waals surface area contributed by atoms with Crippen molar-refractivity contribution < 1.29 is 13.2 Å². The molecule has 1 aromatic rings. The molecule has 5 nitrogen and oxygen atoms in total. The van der Waals surface area contributed by atoms with Gasteiger partial charge < -0.3 is 5.32 Å². The summed E-state index contributed by atoms with van der Waals surface area (Å²) in [6, 6.07) is 7.31. The van der Waals surface area contributed by atoms with Crippen LogP contribution in [0.5, 0.6) is 0 Å². The third kappa shape index (κ3) is 5.47. The standard InChI is InChI=1S/C15H24N2O3S/c1-11(2)13-6-8-14(9-7-13)16-15(18)10-17(12(3)4)21(5,19)20/h6-9,11-12H,10H2,1-5H3,(H,16,18). The fourth-order valence-corrected chi connectivity index (χ4v) is 3.09. The molecule has 0 bridgehead atoms. The normalized spacial score (nSPS) is 12.2. The van der Waals surface area contributed by atoms with Gasteiger partial charge in [0, 0.05) is 11.7 Å². The highest BCUT2D eigenvalue weighted by Crippen LogP contribution is 2.17. The maximum Gasteiger partial charge on any atom is 0.239 e. The number of nitrogens with zero attached hydrogens (tertiary/aromatic N) is 1. The van der Waals surface area contributed by atoms with Crippen molar-refractivity contribution >= 4 is 21.6 Å². The molecule has 0 heterocycles. The fraction of sp³-hybridized carbons (Fsp3) is 0.533. The smallest absolute Gasteiger partial charge is 0.239 e. The van der Waals surface area contributed by atoms with Crippen LogP contribution in [-0.4, -0.2) is 37.5 Å². The number of nitrogens with one attached hydrogen (secondary N) is 1. The van der Waals surface area contributed by atoms with Crippen LogP contribution in [0.15, 0.2) is 24.3 Å². The van der Waals surface area contributed by atoms with E-state index < -0.39 is 10.0 Å². The summed E-state index contributed by atoms with van der Waals surface area (Å²) < 4.78 is 24.4.